The fourth-order valence-electron chi connectivity index (χ4n) is 3.83. The first-order valence-corrected chi connectivity index (χ1v) is 10.3. The summed E-state index contributed by atoms with van der Waals surface area (Å²) in [6.45, 7) is 0.258. The fraction of sp³-hybridized carbons (Fsp3) is 0.0357. The zero-order valence-electron chi connectivity index (χ0n) is 17.0. The highest BCUT2D eigenvalue weighted by atomic mass is 16.1. The maximum Gasteiger partial charge on any atom is 0.287 e. The second-order valence-electron chi connectivity index (χ2n) is 7.51. The van der Waals surface area contributed by atoms with E-state index in [9.17, 15) is 4.79 Å². The number of carbonyl (C=O) groups excluding carboxylic acids is 1. The van der Waals surface area contributed by atoms with E-state index in [2.05, 4.69) is 41.4 Å². The van der Waals surface area contributed by atoms with E-state index in [-0.39, 0.29) is 12.3 Å². The molecule has 0 fully saturated rings. The Balaban J connectivity index is 1.34. The summed E-state index contributed by atoms with van der Waals surface area (Å²) in [6.07, 6.45) is 3.64. The quantitative estimate of drug-likeness (QED) is 0.278. The Morgan fingerprint density at radius 1 is 0.677 bits per heavy atom. The average Bonchev–Trinajstić information content (AvgIpc) is 2.85. The van der Waals surface area contributed by atoms with E-state index >= 15 is 0 Å². The molecule has 0 aliphatic heterocycles. The van der Waals surface area contributed by atoms with Crippen molar-refractivity contribution in [1.29, 1.82) is 0 Å². The summed E-state index contributed by atoms with van der Waals surface area (Å²) in [5, 5.41) is 2.06. The van der Waals surface area contributed by atoms with Crippen LogP contribution < -0.4 is 4.57 Å². The van der Waals surface area contributed by atoms with Crippen molar-refractivity contribution in [2.75, 3.05) is 0 Å². The summed E-state index contributed by atoms with van der Waals surface area (Å²) in [5.41, 5.74) is 5.04. The molecule has 31 heavy (non-hydrogen) atoms. The highest BCUT2D eigenvalue weighted by Crippen LogP contribution is 2.23. The van der Waals surface area contributed by atoms with E-state index in [1.807, 2.05) is 77.5 Å². The van der Waals surface area contributed by atoms with Gasteiger partial charge in [0.25, 0.3) is 6.33 Å². The van der Waals surface area contributed by atoms with Crippen LogP contribution in [0, 0.1) is 0 Å². The Bertz CT molecular complexity index is 1340. The highest BCUT2D eigenvalue weighted by molar-refractivity contribution is 6.07. The number of hydrogen-bond donors (Lipinski definition) is 0. The molecule has 4 aromatic carbocycles. The van der Waals surface area contributed by atoms with Gasteiger partial charge in [-0.25, -0.2) is 4.57 Å². The number of rotatable bonds is 5. The molecular weight excluding hydrogens is 380 g/mol. The van der Waals surface area contributed by atoms with Crippen LogP contribution in [0.5, 0.6) is 0 Å². The molecule has 0 atom stereocenters. The number of Topliss-reactive ketones (excluding diaryl/α,β-unsaturated/α-hetero) is 1. The molecule has 0 saturated carbocycles. The molecular formula is C28H21N2O+. The molecule has 1 heterocycles. The summed E-state index contributed by atoms with van der Waals surface area (Å²) >= 11 is 0. The second kappa shape index (κ2) is 8.33. The van der Waals surface area contributed by atoms with Crippen LogP contribution in [0.4, 0.5) is 0 Å². The van der Waals surface area contributed by atoms with Crippen molar-refractivity contribution in [1.82, 2.24) is 4.98 Å². The third kappa shape index (κ3) is 3.99. The second-order valence-corrected chi connectivity index (χ2v) is 7.51. The first-order valence-electron chi connectivity index (χ1n) is 10.3. The molecule has 0 amide bonds. The molecule has 0 N–H and O–H groups in total. The van der Waals surface area contributed by atoms with E-state index in [0.29, 0.717) is 0 Å². The Kier molecular flexibility index (Phi) is 5.07. The molecule has 0 radical (unpaired) electrons. The molecule has 0 unspecified atom stereocenters. The first kappa shape index (κ1) is 18.9. The predicted octanol–water partition coefficient (Wildman–Crippen LogP) is 5.74. The van der Waals surface area contributed by atoms with E-state index in [0.717, 1.165) is 27.6 Å². The smallest absolute Gasteiger partial charge is 0.287 e. The van der Waals surface area contributed by atoms with Gasteiger partial charge in [0.1, 0.15) is 0 Å². The van der Waals surface area contributed by atoms with E-state index in [4.69, 9.17) is 0 Å². The summed E-state index contributed by atoms with van der Waals surface area (Å²) in [7, 11) is 0. The zero-order valence-corrected chi connectivity index (χ0v) is 17.0. The first-order chi connectivity index (χ1) is 15.3. The largest absolute Gasteiger partial charge is 0.290 e. The minimum Gasteiger partial charge on any atom is -0.290 e. The molecule has 3 heteroatoms. The lowest BCUT2D eigenvalue weighted by Crippen LogP contribution is -2.37. The number of fused-ring (bicyclic) bond motifs is 1. The molecule has 3 nitrogen and oxygen atoms in total. The van der Waals surface area contributed by atoms with Crippen LogP contribution in [0.3, 0.4) is 0 Å². The monoisotopic (exact) mass is 401 g/mol. The van der Waals surface area contributed by atoms with Gasteiger partial charge in [0, 0.05) is 17.2 Å². The van der Waals surface area contributed by atoms with Crippen molar-refractivity contribution in [2.24, 2.45) is 0 Å². The van der Waals surface area contributed by atoms with Gasteiger partial charge in [-0.15, -0.1) is 0 Å². The molecule has 0 spiro atoms. The molecule has 0 aliphatic carbocycles. The number of aromatic nitrogens is 2. The fourth-order valence-corrected chi connectivity index (χ4v) is 3.83. The molecule has 5 rings (SSSR count). The van der Waals surface area contributed by atoms with Gasteiger partial charge in [0.15, 0.2) is 12.2 Å². The molecule has 0 bridgehead atoms. The molecule has 1 aromatic heterocycles. The van der Waals surface area contributed by atoms with Crippen LogP contribution in [0.2, 0.25) is 0 Å². The van der Waals surface area contributed by atoms with E-state index < -0.39 is 0 Å². The minimum absolute atomic E-state index is 0.0727. The summed E-state index contributed by atoms with van der Waals surface area (Å²) in [5.74, 6) is 0.0727. The van der Waals surface area contributed by atoms with Crippen molar-refractivity contribution in [2.45, 2.75) is 6.54 Å². The number of carbonyl (C=O) groups is 1. The Labute approximate surface area is 181 Å². The van der Waals surface area contributed by atoms with Crippen molar-refractivity contribution in [3.8, 4) is 22.4 Å². The van der Waals surface area contributed by atoms with Crippen LogP contribution in [0.1, 0.15) is 10.4 Å². The van der Waals surface area contributed by atoms with Gasteiger partial charge < -0.3 is 0 Å². The topological polar surface area (TPSA) is 33.8 Å². The summed E-state index contributed by atoms with van der Waals surface area (Å²) in [6, 6.07) is 34.5. The zero-order chi connectivity index (χ0) is 21.0. The lowest BCUT2D eigenvalue weighted by Gasteiger charge is -2.05. The van der Waals surface area contributed by atoms with Gasteiger partial charge in [0.2, 0.25) is 5.78 Å². The predicted molar refractivity (Wildman–Crippen MR) is 124 cm³/mol. The number of nitrogens with zero attached hydrogens (tertiary/aromatic N) is 2. The van der Waals surface area contributed by atoms with Crippen LogP contribution in [0.15, 0.2) is 116 Å². The highest BCUT2D eigenvalue weighted by Gasteiger charge is 2.14. The third-order valence-corrected chi connectivity index (χ3v) is 5.47. The Morgan fingerprint density at radius 3 is 2.13 bits per heavy atom. The summed E-state index contributed by atoms with van der Waals surface area (Å²) < 4.78 is 1.83. The van der Waals surface area contributed by atoms with Crippen LogP contribution in [0.25, 0.3) is 33.2 Å². The third-order valence-electron chi connectivity index (χ3n) is 5.47. The van der Waals surface area contributed by atoms with Crippen LogP contribution in [-0.4, -0.2) is 10.8 Å². The maximum atomic E-state index is 12.9. The molecule has 148 valence electrons. The molecule has 0 aliphatic rings. The van der Waals surface area contributed by atoms with E-state index in [1.54, 1.807) is 6.33 Å². The standard InChI is InChI=1S/C28H21N2O/c31-28(26-12-6-10-23-9-4-5-11-25(23)26)19-30-18-17-27(29-20-30)24-15-13-22(14-16-24)21-7-2-1-3-8-21/h1-18,20H,19H2/q+1. The van der Waals surface area contributed by atoms with Crippen molar-refractivity contribution in [3.63, 3.8) is 0 Å². The van der Waals surface area contributed by atoms with Gasteiger partial charge in [-0.1, -0.05) is 84.9 Å². The average molecular weight is 401 g/mol. The lowest BCUT2D eigenvalue weighted by molar-refractivity contribution is -0.686. The Morgan fingerprint density at radius 2 is 1.35 bits per heavy atom. The van der Waals surface area contributed by atoms with Gasteiger partial charge in [-0.2, -0.15) is 0 Å². The SMILES string of the molecule is O=C(C[n+]1ccc(-c2ccc(-c3ccccc3)cc2)nc1)c1cccc2ccccc12. The van der Waals surface area contributed by atoms with Gasteiger partial charge in [-0.3, -0.25) is 4.79 Å². The number of ketones is 1. The summed E-state index contributed by atoms with van der Waals surface area (Å²) in [4.78, 5) is 17.5. The van der Waals surface area contributed by atoms with Crippen molar-refractivity contribution < 1.29 is 9.36 Å². The van der Waals surface area contributed by atoms with Crippen molar-refractivity contribution >= 4 is 16.6 Å². The maximum absolute atomic E-state index is 12.9. The molecule has 5 aromatic rings. The van der Waals surface area contributed by atoms with Crippen LogP contribution >= 0.6 is 0 Å². The van der Waals surface area contributed by atoms with E-state index in [1.165, 1.54) is 11.1 Å². The minimum atomic E-state index is 0.0727. The number of benzene rings is 4. The van der Waals surface area contributed by atoms with Gasteiger partial charge in [-0.05, 0) is 39.0 Å². The Hall–Kier alpha value is -4.11. The van der Waals surface area contributed by atoms with Crippen LogP contribution in [-0.2, 0) is 6.54 Å². The van der Waals surface area contributed by atoms with Gasteiger partial charge >= 0.3 is 0 Å². The van der Waals surface area contributed by atoms with Crippen molar-refractivity contribution in [3.05, 3.63) is 121 Å². The molecule has 0 saturated heterocycles. The number of hydrogen-bond acceptors (Lipinski definition) is 2. The van der Waals surface area contributed by atoms with Gasteiger partial charge in [0.05, 0.1) is 6.20 Å². The normalized spacial score (nSPS) is 10.8. The lowest BCUT2D eigenvalue weighted by atomic mass is 10.0.